The Morgan fingerprint density at radius 1 is 1.06 bits per heavy atom. The standard InChI is InChI=1S/C13H21F2NO/c14-13(15)8-12(13,10-17)9-16-6-4-11(5-7-16)2-1-3-11/h17H,1-10H2/t12-/m1/s1. The van der Waals surface area contributed by atoms with Crippen LogP contribution in [0.2, 0.25) is 0 Å². The Hall–Kier alpha value is -0.220. The third-order valence-corrected chi connectivity index (χ3v) is 5.37. The molecule has 0 aromatic rings. The Kier molecular flexibility index (Phi) is 2.54. The molecule has 0 aromatic carbocycles. The topological polar surface area (TPSA) is 23.5 Å². The van der Waals surface area contributed by atoms with E-state index in [1.54, 1.807) is 0 Å². The number of rotatable bonds is 3. The summed E-state index contributed by atoms with van der Waals surface area (Å²) in [4.78, 5) is 2.14. The summed E-state index contributed by atoms with van der Waals surface area (Å²) in [5.41, 5.74) is -0.550. The minimum absolute atomic E-state index is 0.127. The predicted octanol–water partition coefficient (Wildman–Crippen LogP) is 2.27. The van der Waals surface area contributed by atoms with E-state index in [1.807, 2.05) is 0 Å². The number of halogens is 2. The van der Waals surface area contributed by atoms with Crippen molar-refractivity contribution in [2.75, 3.05) is 26.2 Å². The number of alkyl halides is 2. The van der Waals surface area contributed by atoms with Gasteiger partial charge in [0.1, 0.15) is 0 Å². The molecule has 2 aliphatic carbocycles. The maximum atomic E-state index is 13.2. The van der Waals surface area contributed by atoms with Crippen molar-refractivity contribution >= 4 is 0 Å². The minimum Gasteiger partial charge on any atom is -0.396 e. The molecule has 0 amide bonds. The highest BCUT2D eigenvalue weighted by Gasteiger charge is 2.71. The van der Waals surface area contributed by atoms with Crippen LogP contribution in [-0.2, 0) is 0 Å². The molecule has 0 unspecified atom stereocenters. The fraction of sp³-hybridized carbons (Fsp3) is 1.00. The van der Waals surface area contributed by atoms with Gasteiger partial charge >= 0.3 is 0 Å². The summed E-state index contributed by atoms with van der Waals surface area (Å²) >= 11 is 0. The van der Waals surface area contributed by atoms with Gasteiger partial charge in [0.2, 0.25) is 0 Å². The Bertz CT molecular complexity index is 307. The van der Waals surface area contributed by atoms with Crippen LogP contribution in [0.1, 0.15) is 38.5 Å². The van der Waals surface area contributed by atoms with E-state index >= 15 is 0 Å². The van der Waals surface area contributed by atoms with Gasteiger partial charge in [0.15, 0.2) is 0 Å². The molecule has 1 atom stereocenters. The summed E-state index contributed by atoms with van der Waals surface area (Å²) in [5.74, 6) is -2.63. The molecule has 0 bridgehead atoms. The van der Waals surface area contributed by atoms with E-state index in [-0.39, 0.29) is 13.0 Å². The van der Waals surface area contributed by atoms with Gasteiger partial charge in [0, 0.05) is 13.0 Å². The summed E-state index contributed by atoms with van der Waals surface area (Å²) < 4.78 is 26.5. The number of aliphatic hydroxyl groups excluding tert-OH is 1. The number of likely N-dealkylation sites (tertiary alicyclic amines) is 1. The number of piperidine rings is 1. The van der Waals surface area contributed by atoms with Gasteiger partial charge < -0.3 is 10.0 Å². The van der Waals surface area contributed by atoms with Gasteiger partial charge in [0.25, 0.3) is 5.92 Å². The Morgan fingerprint density at radius 3 is 2.00 bits per heavy atom. The lowest BCUT2D eigenvalue weighted by molar-refractivity contribution is -0.0107. The normalized spacial score (nSPS) is 39.0. The smallest absolute Gasteiger partial charge is 0.258 e. The van der Waals surface area contributed by atoms with Crippen LogP contribution < -0.4 is 0 Å². The van der Waals surface area contributed by atoms with E-state index in [1.165, 1.54) is 32.1 Å². The first-order valence-electron chi connectivity index (χ1n) is 6.72. The Balaban J connectivity index is 1.54. The lowest BCUT2D eigenvalue weighted by atomic mass is 9.63. The first kappa shape index (κ1) is 11.8. The summed E-state index contributed by atoms with van der Waals surface area (Å²) in [6, 6.07) is 0. The van der Waals surface area contributed by atoms with Crippen LogP contribution in [0.25, 0.3) is 0 Å². The molecule has 98 valence electrons. The third kappa shape index (κ3) is 1.80. The monoisotopic (exact) mass is 245 g/mol. The largest absolute Gasteiger partial charge is 0.396 e. The first-order valence-corrected chi connectivity index (χ1v) is 6.72. The van der Waals surface area contributed by atoms with Crippen molar-refractivity contribution < 1.29 is 13.9 Å². The van der Waals surface area contributed by atoms with Crippen LogP contribution in [0.4, 0.5) is 8.78 Å². The predicted molar refractivity (Wildman–Crippen MR) is 61.0 cm³/mol. The maximum absolute atomic E-state index is 13.2. The summed E-state index contributed by atoms with van der Waals surface area (Å²) in [6.45, 7) is 1.89. The van der Waals surface area contributed by atoms with E-state index in [4.69, 9.17) is 0 Å². The van der Waals surface area contributed by atoms with Gasteiger partial charge in [-0.25, -0.2) is 8.78 Å². The van der Waals surface area contributed by atoms with E-state index in [2.05, 4.69) is 4.90 Å². The van der Waals surface area contributed by atoms with Crippen molar-refractivity contribution in [2.24, 2.45) is 10.8 Å². The zero-order valence-corrected chi connectivity index (χ0v) is 10.2. The molecule has 2 nitrogen and oxygen atoms in total. The molecule has 3 fully saturated rings. The average molecular weight is 245 g/mol. The molecule has 1 aliphatic heterocycles. The average Bonchev–Trinajstić information content (AvgIpc) is 2.80. The number of hydrogen-bond donors (Lipinski definition) is 1. The highest BCUT2D eigenvalue weighted by atomic mass is 19.3. The van der Waals surface area contributed by atoms with Gasteiger partial charge in [-0.3, -0.25) is 0 Å². The highest BCUT2D eigenvalue weighted by molar-refractivity contribution is 5.11. The summed E-state index contributed by atoms with van der Waals surface area (Å²) in [6.07, 6.45) is 6.22. The molecule has 2 saturated carbocycles. The van der Waals surface area contributed by atoms with Gasteiger partial charge in [0.05, 0.1) is 12.0 Å². The fourth-order valence-electron chi connectivity index (χ4n) is 3.56. The van der Waals surface area contributed by atoms with Crippen molar-refractivity contribution in [2.45, 2.75) is 44.4 Å². The molecule has 0 radical (unpaired) electrons. The van der Waals surface area contributed by atoms with Crippen molar-refractivity contribution in [3.05, 3.63) is 0 Å². The third-order valence-electron chi connectivity index (χ3n) is 5.37. The van der Waals surface area contributed by atoms with Gasteiger partial charge in [-0.2, -0.15) is 0 Å². The van der Waals surface area contributed by atoms with Gasteiger partial charge in [-0.15, -0.1) is 0 Å². The van der Waals surface area contributed by atoms with Crippen LogP contribution in [-0.4, -0.2) is 42.2 Å². The zero-order valence-electron chi connectivity index (χ0n) is 10.2. The second-order valence-corrected chi connectivity index (χ2v) is 6.45. The molecule has 3 aliphatic rings. The molecule has 4 heteroatoms. The molecule has 1 N–H and O–H groups in total. The minimum atomic E-state index is -2.63. The molecular weight excluding hydrogens is 224 g/mol. The van der Waals surface area contributed by atoms with Crippen LogP contribution >= 0.6 is 0 Å². The molecular formula is C13H21F2NO. The van der Waals surface area contributed by atoms with Crippen molar-refractivity contribution in [3.8, 4) is 0 Å². The van der Waals surface area contributed by atoms with Crippen molar-refractivity contribution in [1.29, 1.82) is 0 Å². The molecule has 3 rings (SSSR count). The van der Waals surface area contributed by atoms with Crippen molar-refractivity contribution in [3.63, 3.8) is 0 Å². The molecule has 0 aromatic heterocycles. The molecule has 1 saturated heterocycles. The number of hydrogen-bond acceptors (Lipinski definition) is 2. The quantitative estimate of drug-likeness (QED) is 0.824. The summed E-state index contributed by atoms with van der Waals surface area (Å²) in [7, 11) is 0. The number of aliphatic hydroxyl groups is 1. The summed E-state index contributed by atoms with van der Waals surface area (Å²) in [5, 5.41) is 9.18. The highest BCUT2D eigenvalue weighted by Crippen LogP contribution is 2.61. The van der Waals surface area contributed by atoms with Crippen LogP contribution in [0, 0.1) is 10.8 Å². The Morgan fingerprint density at radius 2 is 1.65 bits per heavy atom. The second-order valence-electron chi connectivity index (χ2n) is 6.45. The van der Waals surface area contributed by atoms with E-state index in [9.17, 15) is 13.9 Å². The van der Waals surface area contributed by atoms with Crippen molar-refractivity contribution in [1.82, 2.24) is 4.90 Å². The molecule has 1 heterocycles. The fourth-order valence-corrected chi connectivity index (χ4v) is 3.56. The molecule has 1 spiro atoms. The molecule has 17 heavy (non-hydrogen) atoms. The van der Waals surface area contributed by atoms with Gasteiger partial charge in [-0.1, -0.05) is 6.42 Å². The number of nitrogens with zero attached hydrogens (tertiary/aromatic N) is 1. The second kappa shape index (κ2) is 3.64. The van der Waals surface area contributed by atoms with Gasteiger partial charge in [-0.05, 0) is 44.2 Å². The van der Waals surface area contributed by atoms with Crippen LogP contribution in [0.3, 0.4) is 0 Å². The van der Waals surface area contributed by atoms with E-state index in [0.717, 1.165) is 13.1 Å². The van der Waals surface area contributed by atoms with Crippen LogP contribution in [0.5, 0.6) is 0 Å². The lowest BCUT2D eigenvalue weighted by Gasteiger charge is -2.48. The Labute approximate surface area is 101 Å². The van der Waals surface area contributed by atoms with E-state index < -0.39 is 11.3 Å². The SMILES string of the molecule is OC[C@]1(CN2CCC3(CCC3)CC2)CC1(F)F. The van der Waals surface area contributed by atoms with E-state index in [0.29, 0.717) is 12.0 Å². The lowest BCUT2D eigenvalue weighted by Crippen LogP contribution is -2.46. The maximum Gasteiger partial charge on any atom is 0.258 e. The van der Waals surface area contributed by atoms with Crippen LogP contribution in [0.15, 0.2) is 0 Å². The zero-order chi connectivity index (χ0) is 12.1. The first-order chi connectivity index (χ1) is 8.01.